The minimum absolute atomic E-state index is 0.00444. The van der Waals surface area contributed by atoms with E-state index >= 15 is 0 Å². The van der Waals surface area contributed by atoms with Crippen LogP contribution >= 0.6 is 0 Å². The van der Waals surface area contributed by atoms with Crippen molar-refractivity contribution >= 4 is 33.5 Å². The number of methoxy groups -OCH3 is 2. The summed E-state index contributed by atoms with van der Waals surface area (Å²) in [6.07, 6.45) is 14.7. The van der Waals surface area contributed by atoms with Crippen LogP contribution < -0.4 is 0 Å². The summed E-state index contributed by atoms with van der Waals surface area (Å²) in [4.78, 5) is 58.6. The highest BCUT2D eigenvalue weighted by atomic mass is 32.2. The number of sulfonamides is 1. The van der Waals surface area contributed by atoms with Crippen molar-refractivity contribution in [3.63, 3.8) is 0 Å². The summed E-state index contributed by atoms with van der Waals surface area (Å²) in [5.41, 5.74) is 1.32. The number of rotatable bonds is 9. The number of aliphatic hydroxyl groups excluding tert-OH is 2. The normalized spacial score (nSPS) is 39.7. The molecule has 0 aromatic rings. The van der Waals surface area contributed by atoms with Crippen molar-refractivity contribution in [3.8, 4) is 0 Å². The molecule has 1 amide bonds. The number of hydrogen-bond acceptors (Lipinski definition) is 14. The Kier molecular flexibility index (Phi) is 22.9. The summed E-state index contributed by atoms with van der Waals surface area (Å²) < 4.78 is 58.4. The predicted molar refractivity (Wildman–Crippen MR) is 274 cm³/mol. The number of aliphatic hydroxyl groups is 3. The molecule has 0 radical (unpaired) electrons. The van der Waals surface area contributed by atoms with Gasteiger partial charge in [0.25, 0.3) is 11.7 Å². The fourth-order valence-electron chi connectivity index (χ4n) is 11.8. The molecular formula is C55H88N2O14S. The number of ether oxygens (including phenoxy) is 5. The zero-order valence-corrected chi connectivity index (χ0v) is 45.4. The number of piperidine rings is 1. The van der Waals surface area contributed by atoms with Crippen LogP contribution in [0.2, 0.25) is 0 Å². The zero-order chi connectivity index (χ0) is 52.9. The van der Waals surface area contributed by atoms with Crippen LogP contribution in [0.4, 0.5) is 0 Å². The zero-order valence-electron chi connectivity index (χ0n) is 44.6. The van der Waals surface area contributed by atoms with Gasteiger partial charge < -0.3 is 43.9 Å². The van der Waals surface area contributed by atoms with Gasteiger partial charge in [-0.05, 0) is 133 Å². The number of carbonyl (C=O) groups is 4. The highest BCUT2D eigenvalue weighted by Crippen LogP contribution is 2.39. The van der Waals surface area contributed by atoms with Crippen LogP contribution in [0.3, 0.4) is 0 Å². The number of cyclic esters (lactones) is 1. The third-order valence-corrected chi connectivity index (χ3v) is 18.1. The van der Waals surface area contributed by atoms with Crippen LogP contribution in [-0.2, 0) is 52.9 Å². The van der Waals surface area contributed by atoms with Gasteiger partial charge >= 0.3 is 5.97 Å². The highest BCUT2D eigenvalue weighted by molar-refractivity contribution is 7.89. The van der Waals surface area contributed by atoms with E-state index in [0.717, 1.165) is 24.8 Å². The van der Waals surface area contributed by atoms with Gasteiger partial charge in [-0.2, -0.15) is 4.31 Å². The van der Waals surface area contributed by atoms with E-state index in [1.807, 2.05) is 64.2 Å². The summed E-state index contributed by atoms with van der Waals surface area (Å²) in [6.45, 7) is 13.8. The number of fused-ring (bicyclic) bond motifs is 3. The van der Waals surface area contributed by atoms with E-state index in [1.54, 1.807) is 21.0 Å². The average molecular weight is 1030 g/mol. The van der Waals surface area contributed by atoms with Crippen LogP contribution in [0.5, 0.6) is 0 Å². The number of hydrogen-bond donors (Lipinski definition) is 3. The summed E-state index contributed by atoms with van der Waals surface area (Å²) in [5, 5.41) is 33.1. The van der Waals surface area contributed by atoms with Gasteiger partial charge in [-0.1, -0.05) is 76.6 Å². The molecule has 3 N–H and O–H groups in total. The van der Waals surface area contributed by atoms with Crippen LogP contribution in [0.25, 0.3) is 0 Å². The Balaban J connectivity index is 1.48. The topological polar surface area (TPSA) is 216 Å². The SMILES string of the molecule is CO[C@@H]1C[C@H](CC(C)[C@@H]2CC[C@H](C)/C=C(\C)[C@@H](O)[C@@H](OC)C(=O)[C@H](C)C[C@H](C)/C=C/C=C/C=C(\C)[C@H](N3CCCS3(=O)=O)C[C@@H]3CC[C@@H](C)[C@@](O)(O3)C(=O)C(=O)N3CCCC[C@H]3C(=O)O2)CC[C@H]1OCCO. The van der Waals surface area contributed by atoms with Crippen LogP contribution in [0, 0.1) is 35.5 Å². The van der Waals surface area contributed by atoms with Crippen molar-refractivity contribution < 1.29 is 66.6 Å². The maximum atomic E-state index is 14.6. The largest absolute Gasteiger partial charge is 0.461 e. The van der Waals surface area contributed by atoms with Crippen molar-refractivity contribution in [2.75, 3.05) is 46.3 Å². The average Bonchev–Trinajstić information content (AvgIpc) is 3.71. The van der Waals surface area contributed by atoms with Gasteiger partial charge in [0.05, 0.1) is 37.3 Å². The Bertz CT molecular complexity index is 2060. The molecule has 1 unspecified atom stereocenters. The molecule has 72 heavy (non-hydrogen) atoms. The minimum atomic E-state index is -3.60. The molecule has 5 rings (SSSR count). The second-order valence-electron chi connectivity index (χ2n) is 21.8. The fourth-order valence-corrected chi connectivity index (χ4v) is 13.5. The van der Waals surface area contributed by atoms with Gasteiger partial charge in [-0.25, -0.2) is 13.2 Å². The molecule has 4 aliphatic heterocycles. The van der Waals surface area contributed by atoms with Crippen molar-refractivity contribution in [3.05, 3.63) is 47.6 Å². The minimum Gasteiger partial charge on any atom is -0.461 e. The van der Waals surface area contributed by atoms with Gasteiger partial charge in [0, 0.05) is 45.2 Å². The summed E-state index contributed by atoms with van der Waals surface area (Å²) in [6, 6.07) is -1.73. The van der Waals surface area contributed by atoms with E-state index in [0.29, 0.717) is 69.9 Å². The smallest absolute Gasteiger partial charge is 0.329 e. The van der Waals surface area contributed by atoms with E-state index in [2.05, 4.69) is 6.92 Å². The Labute approximate surface area is 430 Å². The van der Waals surface area contributed by atoms with E-state index < -0.39 is 81.8 Å². The number of esters is 1. The highest BCUT2D eigenvalue weighted by Gasteiger charge is 2.53. The number of carbonyl (C=O) groups excluding carboxylic acids is 4. The van der Waals surface area contributed by atoms with Crippen molar-refractivity contribution in [1.82, 2.24) is 9.21 Å². The van der Waals surface area contributed by atoms with Crippen molar-refractivity contribution in [1.29, 1.82) is 0 Å². The molecule has 408 valence electrons. The fraction of sp³-hybridized carbons (Fsp3) is 0.782. The van der Waals surface area contributed by atoms with Crippen LogP contribution in [0.15, 0.2) is 47.6 Å². The Morgan fingerprint density at radius 2 is 1.57 bits per heavy atom. The number of allylic oxidation sites excluding steroid dienone is 6. The Morgan fingerprint density at radius 1 is 0.819 bits per heavy atom. The van der Waals surface area contributed by atoms with Gasteiger partial charge in [0.1, 0.15) is 24.4 Å². The maximum absolute atomic E-state index is 14.6. The molecule has 1 aliphatic carbocycles. The lowest BCUT2D eigenvalue weighted by atomic mass is 9.78. The molecule has 4 fully saturated rings. The van der Waals surface area contributed by atoms with E-state index in [-0.39, 0.29) is 80.0 Å². The standard InChI is InChI=1S/C55H88N2O14S/c1-35-16-11-10-12-17-37(3)45(57-26-15-29-72(57,65)66)34-43-22-20-41(7)55(64,71-43)52(61)53(62)56-25-14-13-18-44(56)54(63)70-46(38(4)32-42-21-24-47(69-28-27-58)48(33-42)67-8)23-19-36(2)31-40(6)50(60)51(68-9)49(59)39(5)30-35/h10-12,16-17,31,35-36,38-39,41-48,50-51,58,60,64H,13-15,18-30,32-34H2,1-9H3/b12-10+,16-11+,37-17+,40-31+/t35-,36+,38?,39-,41-,42+,43+,44+,45-,46+,47-,48-,50-,51+,55-/m1/s1. The first-order valence-corrected chi connectivity index (χ1v) is 28.4. The van der Waals surface area contributed by atoms with E-state index in [9.17, 15) is 42.9 Å². The monoisotopic (exact) mass is 1030 g/mol. The van der Waals surface area contributed by atoms with E-state index in [4.69, 9.17) is 23.7 Å². The molecule has 4 heterocycles. The molecule has 2 bridgehead atoms. The molecule has 16 nitrogen and oxygen atoms in total. The lowest BCUT2D eigenvalue weighted by molar-refractivity contribution is -0.264. The first-order chi connectivity index (χ1) is 34.1. The lowest BCUT2D eigenvalue weighted by Crippen LogP contribution is -2.61. The van der Waals surface area contributed by atoms with Gasteiger partial charge in [0.15, 0.2) is 5.78 Å². The number of nitrogens with zero attached hydrogens (tertiary/aromatic N) is 2. The predicted octanol–water partition coefficient (Wildman–Crippen LogP) is 6.41. The molecule has 3 saturated heterocycles. The maximum Gasteiger partial charge on any atom is 0.329 e. The van der Waals surface area contributed by atoms with Gasteiger partial charge in [-0.15, -0.1) is 0 Å². The van der Waals surface area contributed by atoms with Crippen LogP contribution in [-0.4, -0.2) is 157 Å². The van der Waals surface area contributed by atoms with Crippen molar-refractivity contribution in [2.45, 2.75) is 193 Å². The Hall–Kier alpha value is -3.13. The van der Waals surface area contributed by atoms with Gasteiger partial charge in [-0.3, -0.25) is 14.4 Å². The second-order valence-corrected chi connectivity index (χ2v) is 23.9. The first kappa shape index (κ1) is 59.7. The molecule has 17 heteroatoms. The summed E-state index contributed by atoms with van der Waals surface area (Å²) in [7, 11) is -0.519. The molecule has 5 aliphatic rings. The third-order valence-electron chi connectivity index (χ3n) is 16.1. The summed E-state index contributed by atoms with van der Waals surface area (Å²) >= 11 is 0. The number of Topliss-reactive ketones (excluding diaryl/α,β-unsaturated/α-hetero) is 2. The molecular weight excluding hydrogens is 945 g/mol. The second kappa shape index (κ2) is 27.6. The first-order valence-electron chi connectivity index (χ1n) is 26.8. The number of amides is 1. The van der Waals surface area contributed by atoms with E-state index in [1.165, 1.54) is 16.3 Å². The van der Waals surface area contributed by atoms with Crippen LogP contribution in [0.1, 0.15) is 138 Å². The Morgan fingerprint density at radius 3 is 2.25 bits per heavy atom. The molecule has 15 atom stereocenters. The van der Waals surface area contributed by atoms with Gasteiger partial charge in [0.2, 0.25) is 15.8 Å². The molecule has 0 aromatic heterocycles. The third kappa shape index (κ3) is 15.5. The van der Waals surface area contributed by atoms with Crippen molar-refractivity contribution in [2.24, 2.45) is 35.5 Å². The molecule has 0 aromatic carbocycles. The quantitative estimate of drug-likeness (QED) is 0.129. The molecule has 0 spiro atoms. The lowest BCUT2D eigenvalue weighted by Gasteiger charge is -2.43. The number of ketones is 2. The molecule has 1 saturated carbocycles. The summed E-state index contributed by atoms with van der Waals surface area (Å²) in [5.74, 6) is -6.74.